The summed E-state index contributed by atoms with van der Waals surface area (Å²) < 4.78 is 19.6. The summed E-state index contributed by atoms with van der Waals surface area (Å²) in [5, 5.41) is 15.4. The highest BCUT2D eigenvalue weighted by Gasteiger charge is 2.23. The summed E-state index contributed by atoms with van der Waals surface area (Å²) in [5.74, 6) is 5.72. The van der Waals surface area contributed by atoms with Crippen LogP contribution < -0.4 is 0 Å². The van der Waals surface area contributed by atoms with Gasteiger partial charge in [0.2, 0.25) is 0 Å². The largest absolute Gasteiger partial charge is 0.455 e. The van der Waals surface area contributed by atoms with E-state index in [2.05, 4.69) is 285 Å². The van der Waals surface area contributed by atoms with Crippen molar-refractivity contribution in [1.82, 2.24) is 44.9 Å². The van der Waals surface area contributed by atoms with Crippen LogP contribution in [-0.4, -0.2) is 44.9 Å². The molecule has 26 aromatic rings. The molecule has 0 radical (unpaired) electrons. The normalized spacial score (nSPS) is 11.5. The van der Waals surface area contributed by atoms with Crippen LogP contribution in [0.2, 0.25) is 0 Å². The summed E-state index contributed by atoms with van der Waals surface area (Å²) >= 11 is 0. The fourth-order valence-corrected chi connectivity index (χ4v) is 18.1. The molecule has 6 aromatic heterocycles. The lowest BCUT2D eigenvalue weighted by Crippen LogP contribution is -2.00. The standard InChI is InChI=1S/C43H27N3O.C41H25N3O.C37H23N3O/c1-4-11-28(12-5-1)30-19-21-32(22-20-30)42-44-41(31-15-8-3-9-16-31)45-43(46-42)38-18-10-17-36-34(38)25-26-37-35-24-23-33(27-39(35)47-40(36)37)29-13-6-2-7-14-29;1-3-11-28(12-4-1)39-42-40(29-13-5-2-6-14-29)44-41(43-39)31-19-18-27-20-22-34-36-24-30(21-23-37(36)45-38(34)35(27)25-31)33-17-9-15-26-10-7-8-16-32(26)33;1-4-10-24(11-5-1)27-18-21-33-32(23-27)31-20-16-28-22-29(17-19-30(28)34(31)41-33)37-39-35(25-12-6-2-7-13-25)38-36(40-37)26-14-8-3-9-15-26/h1-27H;1-25H;1-23H. The summed E-state index contributed by atoms with van der Waals surface area (Å²) in [6.45, 7) is 0. The van der Waals surface area contributed by atoms with Crippen LogP contribution in [0, 0.1) is 0 Å². The van der Waals surface area contributed by atoms with Gasteiger partial charge in [-0.05, 0) is 144 Å². The third kappa shape index (κ3) is 15.1. The van der Waals surface area contributed by atoms with Gasteiger partial charge in [0.1, 0.15) is 33.5 Å². The second-order valence-electron chi connectivity index (χ2n) is 33.0. The minimum absolute atomic E-state index is 0.619. The summed E-state index contributed by atoms with van der Waals surface area (Å²) in [7, 11) is 0. The average Bonchev–Trinajstić information content (AvgIpc) is 1.63. The topological polar surface area (TPSA) is 155 Å². The van der Waals surface area contributed by atoms with Gasteiger partial charge in [0.05, 0.1) is 0 Å². The smallest absolute Gasteiger partial charge is 0.164 e. The maximum atomic E-state index is 6.60. The van der Waals surface area contributed by atoms with Crippen LogP contribution in [0.25, 0.3) is 256 Å². The van der Waals surface area contributed by atoms with Gasteiger partial charge >= 0.3 is 0 Å². The molecule has 0 N–H and O–H groups in total. The van der Waals surface area contributed by atoms with Crippen LogP contribution in [0.3, 0.4) is 0 Å². The van der Waals surface area contributed by atoms with Crippen molar-refractivity contribution >= 4 is 109 Å². The molecule has 0 spiro atoms. The zero-order valence-electron chi connectivity index (χ0n) is 71.6. The van der Waals surface area contributed by atoms with Crippen LogP contribution in [0.1, 0.15) is 0 Å². The molecule has 0 unspecified atom stereocenters. The molecular weight excluding hydrogens is 1630 g/mol. The van der Waals surface area contributed by atoms with E-state index in [0.717, 1.165) is 165 Å². The number of fused-ring (bicyclic) bond motifs is 16. The van der Waals surface area contributed by atoms with E-state index in [-0.39, 0.29) is 0 Å². The van der Waals surface area contributed by atoms with Gasteiger partial charge in [0, 0.05) is 98.5 Å². The van der Waals surface area contributed by atoms with E-state index in [9.17, 15) is 0 Å². The summed E-state index contributed by atoms with van der Waals surface area (Å²) in [6, 6.07) is 156. The third-order valence-electron chi connectivity index (χ3n) is 24.8. The first-order chi connectivity index (χ1) is 65.9. The van der Waals surface area contributed by atoms with Crippen molar-refractivity contribution < 1.29 is 13.3 Å². The van der Waals surface area contributed by atoms with Crippen molar-refractivity contribution in [2.75, 3.05) is 0 Å². The fourth-order valence-electron chi connectivity index (χ4n) is 18.1. The summed E-state index contributed by atoms with van der Waals surface area (Å²) in [6.07, 6.45) is 0. The molecule has 12 nitrogen and oxygen atoms in total. The highest BCUT2D eigenvalue weighted by Crippen LogP contribution is 2.44. The second-order valence-corrected chi connectivity index (χ2v) is 33.0. The third-order valence-corrected chi connectivity index (χ3v) is 24.8. The first-order valence-corrected chi connectivity index (χ1v) is 44.3. The fraction of sp³-hybridized carbons (Fsp3) is 0. The van der Waals surface area contributed by atoms with E-state index >= 15 is 0 Å². The van der Waals surface area contributed by atoms with Crippen molar-refractivity contribution in [2.45, 2.75) is 0 Å². The van der Waals surface area contributed by atoms with Gasteiger partial charge in [-0.1, -0.05) is 382 Å². The van der Waals surface area contributed by atoms with Gasteiger partial charge in [-0.2, -0.15) is 0 Å². The monoisotopic (exact) mass is 1700 g/mol. The Morgan fingerprint density at radius 3 is 0.932 bits per heavy atom. The van der Waals surface area contributed by atoms with E-state index in [1.807, 2.05) is 170 Å². The van der Waals surface area contributed by atoms with E-state index in [1.54, 1.807) is 0 Å². The van der Waals surface area contributed by atoms with Gasteiger partial charge in [-0.25, -0.2) is 44.9 Å². The number of furan rings is 3. The van der Waals surface area contributed by atoms with Gasteiger partial charge in [-0.15, -0.1) is 0 Å². The molecule has 0 fully saturated rings. The zero-order valence-corrected chi connectivity index (χ0v) is 71.6. The number of aromatic nitrogens is 9. The molecule has 0 saturated carbocycles. The Bertz CT molecular complexity index is 8790. The predicted octanol–water partition coefficient (Wildman–Crippen LogP) is 31.6. The van der Waals surface area contributed by atoms with E-state index in [1.165, 1.54) is 38.6 Å². The molecule has 26 rings (SSSR count). The molecule has 12 heteroatoms. The van der Waals surface area contributed by atoms with E-state index < -0.39 is 0 Å². The highest BCUT2D eigenvalue weighted by molar-refractivity contribution is 6.20. The number of rotatable bonds is 13. The van der Waals surface area contributed by atoms with Crippen LogP contribution in [0.15, 0.2) is 468 Å². The van der Waals surface area contributed by atoms with Crippen molar-refractivity contribution in [2.24, 2.45) is 0 Å². The molecule has 0 aliphatic heterocycles. The maximum absolute atomic E-state index is 6.60. The second kappa shape index (κ2) is 33.9. The van der Waals surface area contributed by atoms with Crippen molar-refractivity contribution in [3.8, 4) is 147 Å². The van der Waals surface area contributed by atoms with Gasteiger partial charge in [-0.3, -0.25) is 0 Å². The molecule has 0 amide bonds. The predicted molar refractivity (Wildman–Crippen MR) is 542 cm³/mol. The Morgan fingerprint density at radius 2 is 0.398 bits per heavy atom. The number of hydrogen-bond donors (Lipinski definition) is 0. The first kappa shape index (κ1) is 78.4. The average molecular weight is 1700 g/mol. The number of nitrogens with zero attached hydrogens (tertiary/aromatic N) is 9. The number of hydrogen-bond acceptors (Lipinski definition) is 12. The van der Waals surface area contributed by atoms with Crippen molar-refractivity contribution in [1.29, 1.82) is 0 Å². The van der Waals surface area contributed by atoms with Crippen LogP contribution in [0.4, 0.5) is 0 Å². The molecular formula is C121H75N9O3. The Balaban J connectivity index is 0.000000110. The lowest BCUT2D eigenvalue weighted by atomic mass is 9.96. The Labute approximate surface area is 763 Å². The highest BCUT2D eigenvalue weighted by atomic mass is 16.3. The Kier molecular flexibility index (Phi) is 20.0. The molecule has 0 bridgehead atoms. The Hall–Kier alpha value is -18.1. The molecule has 622 valence electrons. The van der Waals surface area contributed by atoms with Crippen molar-refractivity contribution in [3.05, 3.63) is 455 Å². The van der Waals surface area contributed by atoms with Gasteiger partial charge in [0.25, 0.3) is 0 Å². The lowest BCUT2D eigenvalue weighted by Gasteiger charge is -2.11. The van der Waals surface area contributed by atoms with Crippen LogP contribution in [0.5, 0.6) is 0 Å². The summed E-state index contributed by atoms with van der Waals surface area (Å²) in [4.78, 5) is 44.4. The van der Waals surface area contributed by atoms with Gasteiger partial charge < -0.3 is 13.3 Å². The maximum Gasteiger partial charge on any atom is 0.164 e. The molecule has 20 aromatic carbocycles. The first-order valence-electron chi connectivity index (χ1n) is 44.3. The van der Waals surface area contributed by atoms with E-state index in [4.69, 9.17) is 58.1 Å². The minimum atomic E-state index is 0.619. The van der Waals surface area contributed by atoms with Gasteiger partial charge in [0.15, 0.2) is 52.4 Å². The zero-order chi connectivity index (χ0) is 88.1. The molecule has 0 saturated heterocycles. The van der Waals surface area contributed by atoms with Crippen LogP contribution in [-0.2, 0) is 0 Å². The quantitative estimate of drug-likeness (QED) is 0.108. The lowest BCUT2D eigenvalue weighted by molar-refractivity contribution is 0.672. The number of benzene rings is 20. The molecule has 0 atom stereocenters. The molecule has 6 heterocycles. The SMILES string of the molecule is c1ccc(-c2ccc(-c3nc(-c4ccccc4)nc(-c4cccc5c4ccc4c6ccc(-c7ccccc7)cc6oc54)n3)cc2)cc1.c1ccc(-c2ccc3oc4c5ccc(-c6nc(-c7ccccc7)nc(-c7ccccc7)n6)cc5ccc4c3c2)cc1.c1ccc(-c2nc(-c3ccccc3)nc(-c3ccc4ccc5c6cc(-c7cccc8ccccc78)ccc6oc5c4c3)n2)cc1. The van der Waals surface area contributed by atoms with E-state index in [0.29, 0.717) is 52.4 Å². The minimum Gasteiger partial charge on any atom is -0.455 e. The molecule has 133 heavy (non-hydrogen) atoms. The summed E-state index contributed by atoms with van der Waals surface area (Å²) in [5.41, 5.74) is 23.0. The van der Waals surface area contributed by atoms with Crippen LogP contribution >= 0.6 is 0 Å². The molecule has 0 aliphatic carbocycles. The van der Waals surface area contributed by atoms with Crippen molar-refractivity contribution in [3.63, 3.8) is 0 Å². The molecule has 0 aliphatic rings. The Morgan fingerprint density at radius 1 is 0.120 bits per heavy atom.